The molecule has 0 spiro atoms. The maximum atomic E-state index is 13.8. The summed E-state index contributed by atoms with van der Waals surface area (Å²) in [7, 11) is 0. The second-order valence-electron chi connectivity index (χ2n) is 19.9. The summed E-state index contributed by atoms with van der Waals surface area (Å²) in [6.45, 7) is 4.18. The number of carbonyl (C=O) groups excluding carboxylic acids is 8. The summed E-state index contributed by atoms with van der Waals surface area (Å²) in [5, 5.41) is 0.620. The van der Waals surface area contributed by atoms with E-state index >= 15 is 0 Å². The number of ether oxygens (including phenoxy) is 6. The molecule has 72 heavy (non-hydrogen) atoms. The van der Waals surface area contributed by atoms with Gasteiger partial charge in [-0.05, 0) is 140 Å². The van der Waals surface area contributed by atoms with Crippen molar-refractivity contribution in [3.05, 3.63) is 66.7 Å². The minimum atomic E-state index is -1.07. The molecule has 15 nitrogen and oxygen atoms in total. The molecule has 1 unspecified atom stereocenters. The fourth-order valence-electron chi connectivity index (χ4n) is 10.6. The largest absolute Gasteiger partial charge is 0.428 e. The second-order valence-corrected chi connectivity index (χ2v) is 20.9. The van der Waals surface area contributed by atoms with Crippen LogP contribution in [-0.4, -0.2) is 65.4 Å². The van der Waals surface area contributed by atoms with Crippen molar-refractivity contribution in [3.8, 4) is 33.2 Å². The van der Waals surface area contributed by atoms with Crippen LogP contribution in [-0.2, 0) is 57.3 Å². The first kappa shape index (κ1) is 52.0. The van der Waals surface area contributed by atoms with Crippen LogP contribution in [0.4, 0.5) is 0 Å². The monoisotopic (exact) mass is 1010 g/mol. The molecule has 1 aromatic heterocycles. The molecule has 0 amide bonds. The molecule has 382 valence electrons. The standard InChI is InChI=1S/C56H63NO14S/c1-32(58)35-9-17-40(18-10-35)51(60)66-31-67-52(61)41-21-23-45(24-22-41)56(65)71-47-30-29-46(48-49(47)72-50(57-48)39-15-13-38(14-16-39)37-7-5-4-6-8-37)70-55(64)44-27-25-43(26-28-44)54(63)69-34(3)68-53(62)42-19-11-36(12-20-42)33(2)59/h4-8,13-16,29-30,34-36,40-45H,9-12,17-28,31H2,1-3H3. The van der Waals surface area contributed by atoms with Crippen molar-refractivity contribution >= 4 is 68.9 Å². The SMILES string of the molecule is CC(=O)C1CCC(C(=O)OCOC(=O)C2CCC(C(=O)Oc3ccc(OC(=O)C4CCC(C(=O)OC(C)OC(=O)C5CCC(C(C)=O)CC5)CC4)c4nc(-c5ccc(-c6ccccc6)cc5)sc34)CC2)CC1. The molecule has 4 saturated carbocycles. The number of carbonyl (C=O) groups is 8. The predicted molar refractivity (Wildman–Crippen MR) is 264 cm³/mol. The summed E-state index contributed by atoms with van der Waals surface area (Å²) >= 11 is 1.30. The van der Waals surface area contributed by atoms with Gasteiger partial charge >= 0.3 is 35.8 Å². The fourth-order valence-corrected chi connectivity index (χ4v) is 11.6. The smallest absolute Gasteiger partial charge is 0.314 e. The Morgan fingerprint density at radius 2 is 0.819 bits per heavy atom. The van der Waals surface area contributed by atoms with Crippen molar-refractivity contribution in [3.63, 3.8) is 0 Å². The number of aromatic nitrogens is 1. The Morgan fingerprint density at radius 3 is 1.26 bits per heavy atom. The number of nitrogens with zero attached hydrogens (tertiary/aromatic N) is 1. The Kier molecular flexibility index (Phi) is 17.3. The van der Waals surface area contributed by atoms with Crippen LogP contribution >= 0.6 is 11.3 Å². The van der Waals surface area contributed by atoms with E-state index < -0.39 is 72.6 Å². The highest BCUT2D eigenvalue weighted by Crippen LogP contribution is 2.43. The number of hydrogen-bond acceptors (Lipinski definition) is 16. The quantitative estimate of drug-likeness (QED) is 0.0582. The Bertz CT molecular complexity index is 2610. The number of benzene rings is 3. The van der Waals surface area contributed by atoms with Crippen LogP contribution in [0.25, 0.3) is 31.9 Å². The molecule has 4 aliphatic rings. The third-order valence-electron chi connectivity index (χ3n) is 15.2. The average molecular weight is 1010 g/mol. The molecule has 0 saturated heterocycles. The zero-order valence-corrected chi connectivity index (χ0v) is 42.0. The van der Waals surface area contributed by atoms with Crippen LogP contribution in [0.15, 0.2) is 66.7 Å². The van der Waals surface area contributed by atoms with Crippen LogP contribution in [0, 0.1) is 47.3 Å². The van der Waals surface area contributed by atoms with Crippen LogP contribution in [0.2, 0.25) is 0 Å². The minimum Gasteiger partial charge on any atom is -0.428 e. The summed E-state index contributed by atoms with van der Waals surface area (Å²) in [5.41, 5.74) is 3.25. The van der Waals surface area contributed by atoms with Gasteiger partial charge in [-0.25, -0.2) is 4.98 Å². The first-order chi connectivity index (χ1) is 34.7. The highest BCUT2D eigenvalue weighted by atomic mass is 32.1. The lowest BCUT2D eigenvalue weighted by molar-refractivity contribution is -0.192. The van der Waals surface area contributed by atoms with E-state index in [-0.39, 0.29) is 46.7 Å². The third-order valence-corrected chi connectivity index (χ3v) is 16.3. The van der Waals surface area contributed by atoms with Gasteiger partial charge in [0.15, 0.2) is 11.5 Å². The van der Waals surface area contributed by atoms with Crippen molar-refractivity contribution in [2.24, 2.45) is 47.3 Å². The van der Waals surface area contributed by atoms with Gasteiger partial charge in [0.25, 0.3) is 0 Å². The fraction of sp³-hybridized carbons (Fsp3) is 0.518. The number of thiazole rings is 1. The Labute approximate surface area is 423 Å². The van der Waals surface area contributed by atoms with Crippen LogP contribution in [0.3, 0.4) is 0 Å². The van der Waals surface area contributed by atoms with Crippen LogP contribution in [0.5, 0.6) is 11.5 Å². The molecule has 16 heteroatoms. The number of ketones is 2. The molecule has 3 aromatic carbocycles. The lowest BCUT2D eigenvalue weighted by atomic mass is 9.80. The van der Waals surface area contributed by atoms with Crippen LogP contribution < -0.4 is 9.47 Å². The minimum absolute atomic E-state index is 0.0191. The summed E-state index contributed by atoms with van der Waals surface area (Å²) in [5.74, 6) is -4.67. The second kappa shape index (κ2) is 24.0. The molecule has 8 rings (SSSR count). The van der Waals surface area contributed by atoms with E-state index in [1.165, 1.54) is 18.3 Å². The Morgan fingerprint density at radius 1 is 0.458 bits per heavy atom. The summed E-state index contributed by atoms with van der Waals surface area (Å²) in [4.78, 5) is 107. The number of esters is 6. The third kappa shape index (κ3) is 13.0. The van der Waals surface area contributed by atoms with Crippen molar-refractivity contribution in [2.75, 3.05) is 6.79 Å². The molecular weight excluding hydrogens is 943 g/mol. The first-order valence-corrected chi connectivity index (χ1v) is 26.3. The lowest BCUT2D eigenvalue weighted by Gasteiger charge is -2.28. The van der Waals surface area contributed by atoms with Gasteiger partial charge in [0.05, 0.1) is 35.5 Å². The maximum Gasteiger partial charge on any atom is 0.314 e. The molecule has 0 bridgehead atoms. The van der Waals surface area contributed by atoms with Gasteiger partial charge in [-0.1, -0.05) is 54.6 Å². The Hall–Kier alpha value is -6.29. The molecule has 1 heterocycles. The topological polar surface area (TPSA) is 205 Å². The van der Waals surface area contributed by atoms with Gasteiger partial charge in [0.2, 0.25) is 13.1 Å². The van der Waals surface area contributed by atoms with E-state index in [0.29, 0.717) is 118 Å². The van der Waals surface area contributed by atoms with Gasteiger partial charge in [-0.2, -0.15) is 0 Å². The van der Waals surface area contributed by atoms with Crippen molar-refractivity contribution in [2.45, 2.75) is 130 Å². The predicted octanol–water partition coefficient (Wildman–Crippen LogP) is 10.3. The highest BCUT2D eigenvalue weighted by molar-refractivity contribution is 7.22. The molecule has 1 atom stereocenters. The van der Waals surface area contributed by atoms with E-state index in [1.807, 2.05) is 54.6 Å². The molecule has 0 radical (unpaired) electrons. The van der Waals surface area contributed by atoms with Gasteiger partial charge < -0.3 is 28.4 Å². The number of hydrogen-bond donors (Lipinski definition) is 0. The molecule has 4 aromatic rings. The maximum absolute atomic E-state index is 13.8. The number of Topliss-reactive ketones (excluding diaryl/α,β-unsaturated/α-hetero) is 2. The van der Waals surface area contributed by atoms with Gasteiger partial charge in [-0.15, -0.1) is 11.3 Å². The molecule has 0 aliphatic heterocycles. The molecule has 0 N–H and O–H groups in total. The lowest BCUT2D eigenvalue weighted by Crippen LogP contribution is -2.33. The van der Waals surface area contributed by atoms with E-state index in [2.05, 4.69) is 0 Å². The zero-order chi connectivity index (χ0) is 50.9. The summed E-state index contributed by atoms with van der Waals surface area (Å²) < 4.78 is 34.2. The molecule has 4 fully saturated rings. The van der Waals surface area contributed by atoms with E-state index in [9.17, 15) is 38.4 Å². The van der Waals surface area contributed by atoms with E-state index in [1.54, 1.807) is 26.0 Å². The summed E-state index contributed by atoms with van der Waals surface area (Å²) in [6.07, 6.45) is 6.78. The van der Waals surface area contributed by atoms with Gasteiger partial charge in [-0.3, -0.25) is 38.4 Å². The van der Waals surface area contributed by atoms with Gasteiger partial charge in [0, 0.05) is 24.3 Å². The average Bonchev–Trinajstić information content (AvgIpc) is 3.86. The molecule has 4 aliphatic carbocycles. The molecular formula is C56H63NO14S. The van der Waals surface area contributed by atoms with Crippen molar-refractivity contribution in [1.82, 2.24) is 4.98 Å². The number of rotatable bonds is 16. The van der Waals surface area contributed by atoms with Crippen molar-refractivity contribution < 1.29 is 66.8 Å². The van der Waals surface area contributed by atoms with E-state index in [0.717, 1.165) is 16.7 Å². The van der Waals surface area contributed by atoms with E-state index in [4.69, 9.17) is 33.4 Å². The zero-order valence-electron chi connectivity index (χ0n) is 41.1. The number of fused-ring (bicyclic) bond motifs is 1. The summed E-state index contributed by atoms with van der Waals surface area (Å²) in [6, 6.07) is 21.1. The van der Waals surface area contributed by atoms with Crippen molar-refractivity contribution in [1.29, 1.82) is 0 Å². The van der Waals surface area contributed by atoms with Gasteiger partial charge in [0.1, 0.15) is 26.8 Å². The Balaban J connectivity index is 0.863. The normalized spacial score (nSPS) is 24.7. The van der Waals surface area contributed by atoms with Crippen LogP contribution in [0.1, 0.15) is 124 Å². The first-order valence-electron chi connectivity index (χ1n) is 25.5. The highest BCUT2D eigenvalue weighted by Gasteiger charge is 2.37.